The zero-order valence-corrected chi connectivity index (χ0v) is 24.6. The minimum atomic E-state index is -0.468. The maximum absolute atomic E-state index is 13.4. The zero-order valence-electron chi connectivity index (χ0n) is 23.0. The summed E-state index contributed by atoms with van der Waals surface area (Å²) in [6.45, 7) is 3.78. The van der Waals surface area contributed by atoms with E-state index in [2.05, 4.69) is 20.9 Å². The Labute approximate surface area is 252 Å². The lowest BCUT2D eigenvalue weighted by atomic mass is 10.1. The van der Waals surface area contributed by atoms with Gasteiger partial charge in [-0.1, -0.05) is 77.6 Å². The van der Waals surface area contributed by atoms with Crippen molar-refractivity contribution >= 4 is 67.9 Å². The Morgan fingerprint density at radius 2 is 1.62 bits per heavy atom. The predicted octanol–water partition coefficient (Wildman–Crippen LogP) is 7.13. The first kappa shape index (κ1) is 28.8. The third-order valence-corrected chi connectivity index (χ3v) is 8.23. The SMILES string of the molecule is Cc1cccc(/C=C(/NC(=O)c2ccccc2)C(=O)Nc2cccc(SC(C)C(=O)Nc3nc4ccccc4s3)c2)c1. The van der Waals surface area contributed by atoms with Gasteiger partial charge in [-0.05, 0) is 68.0 Å². The molecule has 7 nitrogen and oxygen atoms in total. The zero-order chi connectivity index (χ0) is 29.5. The van der Waals surface area contributed by atoms with Crippen molar-refractivity contribution in [2.75, 3.05) is 10.6 Å². The number of fused-ring (bicyclic) bond motifs is 1. The number of para-hydroxylation sites is 1. The molecular formula is C33H28N4O3S2. The van der Waals surface area contributed by atoms with E-state index in [4.69, 9.17) is 0 Å². The molecule has 0 aliphatic rings. The maximum Gasteiger partial charge on any atom is 0.272 e. The van der Waals surface area contributed by atoms with Gasteiger partial charge in [0.05, 0.1) is 15.5 Å². The Morgan fingerprint density at radius 3 is 2.40 bits per heavy atom. The molecular weight excluding hydrogens is 565 g/mol. The van der Waals surface area contributed by atoms with E-state index in [0.717, 1.165) is 26.2 Å². The smallest absolute Gasteiger partial charge is 0.272 e. The van der Waals surface area contributed by atoms with E-state index in [9.17, 15) is 14.4 Å². The van der Waals surface area contributed by atoms with Gasteiger partial charge in [0.25, 0.3) is 11.8 Å². The van der Waals surface area contributed by atoms with Crippen LogP contribution in [0.5, 0.6) is 0 Å². The highest BCUT2D eigenvalue weighted by Gasteiger charge is 2.18. The molecule has 0 fully saturated rings. The Bertz CT molecular complexity index is 1750. The summed E-state index contributed by atoms with van der Waals surface area (Å²) in [5.74, 6) is -1.02. The normalized spacial score (nSPS) is 12.0. The lowest BCUT2D eigenvalue weighted by Gasteiger charge is -2.14. The maximum atomic E-state index is 13.4. The summed E-state index contributed by atoms with van der Waals surface area (Å²) in [4.78, 5) is 44.5. The number of benzene rings is 4. The molecule has 5 rings (SSSR count). The lowest BCUT2D eigenvalue weighted by Crippen LogP contribution is -2.30. The van der Waals surface area contributed by atoms with E-state index in [1.807, 2.05) is 80.6 Å². The molecule has 0 spiro atoms. The highest BCUT2D eigenvalue weighted by atomic mass is 32.2. The topological polar surface area (TPSA) is 100 Å². The molecule has 5 aromatic rings. The van der Waals surface area contributed by atoms with Crippen LogP contribution < -0.4 is 16.0 Å². The fourth-order valence-electron chi connectivity index (χ4n) is 4.10. The quantitative estimate of drug-likeness (QED) is 0.125. The molecule has 0 saturated carbocycles. The van der Waals surface area contributed by atoms with Gasteiger partial charge in [0.15, 0.2) is 5.13 Å². The number of aromatic nitrogens is 1. The van der Waals surface area contributed by atoms with Crippen LogP contribution in [0.3, 0.4) is 0 Å². The van der Waals surface area contributed by atoms with E-state index in [-0.39, 0.29) is 17.5 Å². The minimum absolute atomic E-state index is 0.107. The van der Waals surface area contributed by atoms with E-state index >= 15 is 0 Å². The van der Waals surface area contributed by atoms with E-state index in [1.165, 1.54) is 23.1 Å². The molecule has 1 unspecified atom stereocenters. The Balaban J connectivity index is 1.28. The van der Waals surface area contributed by atoms with Gasteiger partial charge in [0.2, 0.25) is 5.91 Å². The predicted molar refractivity (Wildman–Crippen MR) is 172 cm³/mol. The summed E-state index contributed by atoms with van der Waals surface area (Å²) >= 11 is 2.80. The number of hydrogen-bond acceptors (Lipinski definition) is 6. The van der Waals surface area contributed by atoms with Crippen LogP contribution in [0.1, 0.15) is 28.4 Å². The summed E-state index contributed by atoms with van der Waals surface area (Å²) in [5.41, 5.74) is 3.74. The van der Waals surface area contributed by atoms with Crippen molar-refractivity contribution in [1.82, 2.24) is 10.3 Å². The van der Waals surface area contributed by atoms with Crippen molar-refractivity contribution in [2.24, 2.45) is 0 Å². The second-order valence-electron chi connectivity index (χ2n) is 9.51. The third-order valence-electron chi connectivity index (χ3n) is 6.18. The van der Waals surface area contributed by atoms with Crippen LogP contribution in [0, 0.1) is 6.92 Å². The molecule has 4 aromatic carbocycles. The summed E-state index contributed by atoms with van der Waals surface area (Å²) < 4.78 is 1.01. The number of anilines is 2. The molecule has 1 atom stereocenters. The Hall–Kier alpha value is -4.73. The van der Waals surface area contributed by atoms with Gasteiger partial charge >= 0.3 is 0 Å². The number of carbonyl (C=O) groups excluding carboxylic acids is 3. The molecule has 9 heteroatoms. The first-order valence-corrected chi connectivity index (χ1v) is 14.9. The van der Waals surface area contributed by atoms with Gasteiger partial charge in [0.1, 0.15) is 5.70 Å². The Kier molecular flexibility index (Phi) is 9.11. The van der Waals surface area contributed by atoms with Gasteiger partial charge in [-0.25, -0.2) is 4.98 Å². The fourth-order valence-corrected chi connectivity index (χ4v) is 5.90. The van der Waals surface area contributed by atoms with Crippen molar-refractivity contribution in [1.29, 1.82) is 0 Å². The average Bonchev–Trinajstić information content (AvgIpc) is 3.40. The number of hydrogen-bond donors (Lipinski definition) is 3. The summed E-state index contributed by atoms with van der Waals surface area (Å²) in [6, 6.07) is 31.4. The second-order valence-corrected chi connectivity index (χ2v) is 12.0. The van der Waals surface area contributed by atoms with Crippen molar-refractivity contribution in [2.45, 2.75) is 24.0 Å². The van der Waals surface area contributed by atoms with E-state index in [1.54, 1.807) is 42.5 Å². The third kappa shape index (κ3) is 7.51. The second kappa shape index (κ2) is 13.3. The number of thiazole rings is 1. The molecule has 3 N–H and O–H groups in total. The van der Waals surface area contributed by atoms with Crippen molar-refractivity contribution in [3.63, 3.8) is 0 Å². The standard InChI is InChI=1S/C33H28N4O3S2/c1-21-10-8-11-23(18-21)19-28(35-31(39)24-12-4-3-5-13-24)32(40)34-25-14-9-15-26(20-25)41-22(2)30(38)37-33-36-27-16-6-7-17-29(27)42-33/h3-20,22H,1-2H3,(H,34,40)(H,35,39)(H,36,37,38)/b28-19+. The largest absolute Gasteiger partial charge is 0.321 e. The summed E-state index contributed by atoms with van der Waals surface area (Å²) in [6.07, 6.45) is 1.65. The molecule has 1 heterocycles. The summed E-state index contributed by atoms with van der Waals surface area (Å²) in [5, 5.41) is 8.70. The highest BCUT2D eigenvalue weighted by molar-refractivity contribution is 8.00. The van der Waals surface area contributed by atoms with Crippen molar-refractivity contribution < 1.29 is 14.4 Å². The minimum Gasteiger partial charge on any atom is -0.321 e. The Morgan fingerprint density at radius 1 is 0.857 bits per heavy atom. The molecule has 0 saturated heterocycles. The van der Waals surface area contributed by atoms with E-state index in [0.29, 0.717) is 16.4 Å². The summed E-state index contributed by atoms with van der Waals surface area (Å²) in [7, 11) is 0. The van der Waals surface area contributed by atoms with Crippen LogP contribution in [0.15, 0.2) is 114 Å². The number of aryl methyl sites for hydroxylation is 1. The number of carbonyl (C=O) groups is 3. The first-order valence-electron chi connectivity index (χ1n) is 13.2. The van der Waals surface area contributed by atoms with Crippen LogP contribution in [0.4, 0.5) is 10.8 Å². The van der Waals surface area contributed by atoms with Crippen molar-refractivity contribution in [3.8, 4) is 0 Å². The van der Waals surface area contributed by atoms with Crippen LogP contribution in [0.25, 0.3) is 16.3 Å². The first-order chi connectivity index (χ1) is 20.3. The molecule has 1 aromatic heterocycles. The monoisotopic (exact) mass is 592 g/mol. The van der Waals surface area contributed by atoms with Gasteiger partial charge in [-0.3, -0.25) is 14.4 Å². The number of amides is 3. The van der Waals surface area contributed by atoms with Gasteiger partial charge in [0, 0.05) is 16.1 Å². The van der Waals surface area contributed by atoms with Crippen LogP contribution in [0.2, 0.25) is 0 Å². The number of thioether (sulfide) groups is 1. The number of nitrogens with one attached hydrogen (secondary N) is 3. The van der Waals surface area contributed by atoms with Crippen LogP contribution in [-0.2, 0) is 9.59 Å². The number of nitrogens with zero attached hydrogens (tertiary/aromatic N) is 1. The van der Waals surface area contributed by atoms with Crippen LogP contribution in [-0.4, -0.2) is 28.0 Å². The molecule has 0 aliphatic carbocycles. The van der Waals surface area contributed by atoms with E-state index < -0.39 is 11.2 Å². The van der Waals surface area contributed by atoms with Gasteiger partial charge in [-0.2, -0.15) is 0 Å². The fraction of sp³-hybridized carbons (Fsp3) is 0.0909. The molecule has 42 heavy (non-hydrogen) atoms. The lowest BCUT2D eigenvalue weighted by molar-refractivity contribution is -0.115. The highest BCUT2D eigenvalue weighted by Crippen LogP contribution is 2.29. The van der Waals surface area contributed by atoms with Crippen LogP contribution >= 0.6 is 23.1 Å². The molecule has 3 amide bonds. The van der Waals surface area contributed by atoms with Gasteiger partial charge < -0.3 is 16.0 Å². The van der Waals surface area contributed by atoms with Crippen molar-refractivity contribution in [3.05, 3.63) is 126 Å². The van der Waals surface area contributed by atoms with Gasteiger partial charge in [-0.15, -0.1) is 11.8 Å². The average molecular weight is 593 g/mol. The number of rotatable bonds is 9. The molecule has 0 bridgehead atoms. The molecule has 210 valence electrons. The molecule has 0 radical (unpaired) electrons. The molecule has 0 aliphatic heterocycles.